The average Bonchev–Trinajstić information content (AvgIpc) is 3.08. The van der Waals surface area contributed by atoms with Crippen molar-refractivity contribution < 1.29 is 4.79 Å². The number of fused-ring (bicyclic) bond motifs is 1. The summed E-state index contributed by atoms with van der Waals surface area (Å²) < 4.78 is 1.47. The molecular formula is C18H18N4O2. The number of benzene rings is 1. The van der Waals surface area contributed by atoms with E-state index in [2.05, 4.69) is 5.10 Å². The van der Waals surface area contributed by atoms with Crippen molar-refractivity contribution in [2.45, 2.75) is 19.3 Å². The molecule has 4 rings (SSSR count). The molecule has 24 heavy (non-hydrogen) atoms. The first-order valence-electron chi connectivity index (χ1n) is 7.96. The molecule has 1 amide bonds. The van der Waals surface area contributed by atoms with Crippen molar-refractivity contribution in [2.75, 3.05) is 13.6 Å². The highest BCUT2D eigenvalue weighted by atomic mass is 16.2. The molecule has 0 saturated carbocycles. The maximum absolute atomic E-state index is 12.5. The number of rotatable bonds is 2. The molecule has 3 aromatic rings. The Hall–Kier alpha value is -2.89. The van der Waals surface area contributed by atoms with Crippen LogP contribution in [0.1, 0.15) is 23.7 Å². The third-order valence-electron chi connectivity index (χ3n) is 4.64. The molecule has 122 valence electrons. The van der Waals surface area contributed by atoms with Gasteiger partial charge >= 0.3 is 0 Å². The Labute approximate surface area is 138 Å². The maximum atomic E-state index is 12.5. The van der Waals surface area contributed by atoms with Gasteiger partial charge in [0, 0.05) is 43.3 Å². The van der Waals surface area contributed by atoms with Gasteiger partial charge in [-0.3, -0.25) is 14.7 Å². The van der Waals surface area contributed by atoms with E-state index in [1.54, 1.807) is 11.9 Å². The molecule has 0 bridgehead atoms. The van der Waals surface area contributed by atoms with Crippen LogP contribution in [0.4, 0.5) is 0 Å². The average molecular weight is 322 g/mol. The van der Waals surface area contributed by atoms with Crippen molar-refractivity contribution in [2.24, 2.45) is 0 Å². The number of hydrogen-bond acceptors (Lipinski definition) is 3. The Bertz CT molecular complexity index is 987. The Morgan fingerprint density at radius 1 is 1.21 bits per heavy atom. The highest BCUT2D eigenvalue weighted by molar-refractivity contribution is 5.81. The molecule has 6 heteroatoms. The van der Waals surface area contributed by atoms with Crippen molar-refractivity contribution in [1.29, 1.82) is 0 Å². The van der Waals surface area contributed by atoms with Crippen LogP contribution in [0.3, 0.4) is 0 Å². The third kappa shape index (κ3) is 2.22. The second-order valence-electron chi connectivity index (χ2n) is 6.33. The zero-order valence-electron chi connectivity index (χ0n) is 13.6. The van der Waals surface area contributed by atoms with Crippen LogP contribution in [-0.2, 0) is 4.79 Å². The minimum Gasteiger partial charge on any atom is -0.345 e. The number of hydrogen-bond donors (Lipinski definition) is 1. The number of aromatic nitrogens is 3. The minimum atomic E-state index is -0.151. The van der Waals surface area contributed by atoms with Crippen LogP contribution in [0.5, 0.6) is 0 Å². The van der Waals surface area contributed by atoms with E-state index in [4.69, 9.17) is 4.98 Å². The largest absolute Gasteiger partial charge is 0.345 e. The lowest BCUT2D eigenvalue weighted by atomic mass is 10.0. The van der Waals surface area contributed by atoms with Gasteiger partial charge in [-0.25, -0.2) is 9.50 Å². The maximum Gasteiger partial charge on any atom is 0.272 e. The lowest BCUT2D eigenvalue weighted by Crippen LogP contribution is -2.20. The molecule has 1 fully saturated rings. The van der Waals surface area contributed by atoms with Crippen LogP contribution >= 0.6 is 0 Å². The summed E-state index contributed by atoms with van der Waals surface area (Å²) in [6.45, 7) is 2.54. The van der Waals surface area contributed by atoms with Crippen LogP contribution in [0.2, 0.25) is 0 Å². The molecule has 1 aliphatic heterocycles. The van der Waals surface area contributed by atoms with Gasteiger partial charge in [0.2, 0.25) is 5.91 Å². The highest BCUT2D eigenvalue weighted by Gasteiger charge is 2.30. The zero-order valence-corrected chi connectivity index (χ0v) is 13.6. The summed E-state index contributed by atoms with van der Waals surface area (Å²) in [7, 11) is 1.78. The minimum absolute atomic E-state index is 0.0287. The van der Waals surface area contributed by atoms with E-state index >= 15 is 0 Å². The van der Waals surface area contributed by atoms with Crippen molar-refractivity contribution in [3.63, 3.8) is 0 Å². The zero-order chi connectivity index (χ0) is 16.8. The van der Waals surface area contributed by atoms with Gasteiger partial charge in [-0.1, -0.05) is 30.3 Å². The fourth-order valence-electron chi connectivity index (χ4n) is 3.39. The van der Waals surface area contributed by atoms with E-state index in [0.717, 1.165) is 16.8 Å². The van der Waals surface area contributed by atoms with E-state index in [9.17, 15) is 9.59 Å². The van der Waals surface area contributed by atoms with Gasteiger partial charge in [0.05, 0.1) is 5.69 Å². The summed E-state index contributed by atoms with van der Waals surface area (Å²) in [5, 5.41) is 3.09. The van der Waals surface area contributed by atoms with Gasteiger partial charge in [0.15, 0.2) is 5.65 Å². The van der Waals surface area contributed by atoms with Crippen LogP contribution in [0.25, 0.3) is 16.8 Å². The summed E-state index contributed by atoms with van der Waals surface area (Å²) in [4.78, 5) is 30.7. The molecule has 0 unspecified atom stereocenters. The number of amides is 1. The van der Waals surface area contributed by atoms with E-state index in [1.165, 1.54) is 10.6 Å². The number of aryl methyl sites for hydroxylation is 1. The topological polar surface area (TPSA) is 70.5 Å². The van der Waals surface area contributed by atoms with Crippen molar-refractivity contribution in [3.8, 4) is 11.1 Å². The Balaban J connectivity index is 1.91. The van der Waals surface area contributed by atoms with Crippen molar-refractivity contribution in [1.82, 2.24) is 19.5 Å². The monoisotopic (exact) mass is 322 g/mol. The van der Waals surface area contributed by atoms with Crippen molar-refractivity contribution >= 4 is 11.6 Å². The van der Waals surface area contributed by atoms with E-state index < -0.39 is 0 Å². The second-order valence-corrected chi connectivity index (χ2v) is 6.33. The van der Waals surface area contributed by atoms with Gasteiger partial charge in [-0.15, -0.1) is 0 Å². The number of carbonyl (C=O) groups is 1. The summed E-state index contributed by atoms with van der Waals surface area (Å²) in [6.07, 6.45) is 0.406. The highest BCUT2D eigenvalue weighted by Crippen LogP contribution is 2.29. The summed E-state index contributed by atoms with van der Waals surface area (Å²) in [5.74, 6) is 0.0644. The molecule has 0 spiro atoms. The Kier molecular flexibility index (Phi) is 3.26. The molecule has 6 nitrogen and oxygen atoms in total. The number of H-pyrrole nitrogens is 1. The fourth-order valence-corrected chi connectivity index (χ4v) is 3.39. The van der Waals surface area contributed by atoms with Gasteiger partial charge < -0.3 is 4.90 Å². The Morgan fingerprint density at radius 2 is 1.96 bits per heavy atom. The molecule has 1 aliphatic rings. The second kappa shape index (κ2) is 5.33. The molecule has 1 N–H and O–H groups in total. The van der Waals surface area contributed by atoms with Gasteiger partial charge in [0.25, 0.3) is 5.56 Å². The standard InChI is InChI=1S/C18H18N4O2/c1-11-17(12-6-4-3-5-7-12)18-19-14(9-16(24)22(18)20-11)13-8-15(23)21(2)10-13/h3-7,9,13,20H,8,10H2,1-2H3/t13-/m1/s1. The van der Waals surface area contributed by atoms with E-state index in [1.807, 2.05) is 37.3 Å². The van der Waals surface area contributed by atoms with Crippen LogP contribution in [0.15, 0.2) is 41.2 Å². The lowest BCUT2D eigenvalue weighted by molar-refractivity contribution is -0.126. The lowest BCUT2D eigenvalue weighted by Gasteiger charge is -2.10. The smallest absolute Gasteiger partial charge is 0.272 e. The van der Waals surface area contributed by atoms with Crippen molar-refractivity contribution in [3.05, 3.63) is 58.1 Å². The first-order valence-corrected chi connectivity index (χ1v) is 7.96. The third-order valence-corrected chi connectivity index (χ3v) is 4.64. The van der Waals surface area contributed by atoms with E-state index in [-0.39, 0.29) is 17.4 Å². The predicted octanol–water partition coefficient (Wildman–Crippen LogP) is 1.94. The number of carbonyl (C=O) groups excluding carboxylic acids is 1. The normalized spacial score (nSPS) is 17.8. The molecule has 1 atom stereocenters. The predicted molar refractivity (Wildman–Crippen MR) is 91.0 cm³/mol. The Morgan fingerprint density at radius 3 is 2.62 bits per heavy atom. The number of nitrogens with zero attached hydrogens (tertiary/aromatic N) is 3. The summed E-state index contributed by atoms with van der Waals surface area (Å²) >= 11 is 0. The molecule has 2 aromatic heterocycles. The van der Waals surface area contributed by atoms with Crippen LogP contribution < -0.4 is 5.56 Å². The number of likely N-dealkylation sites (N-methyl/N-ethyl adjacent to an activating group) is 1. The SMILES string of the molecule is Cc1[nH]n2c(=O)cc([C@@H]3CC(=O)N(C)C3)nc2c1-c1ccccc1. The first-order chi connectivity index (χ1) is 11.5. The number of nitrogens with one attached hydrogen (secondary N) is 1. The molecule has 1 saturated heterocycles. The van der Waals surface area contributed by atoms with E-state index in [0.29, 0.717) is 24.3 Å². The summed E-state index contributed by atoms with van der Waals surface area (Å²) in [5.41, 5.74) is 3.98. The van der Waals surface area contributed by atoms with Gasteiger partial charge in [0.1, 0.15) is 0 Å². The molecule has 0 radical (unpaired) electrons. The van der Waals surface area contributed by atoms with Crippen LogP contribution in [-0.4, -0.2) is 39.0 Å². The number of aromatic amines is 1. The summed E-state index contributed by atoms with van der Waals surface area (Å²) in [6, 6.07) is 11.4. The molecule has 0 aliphatic carbocycles. The van der Waals surface area contributed by atoms with Crippen LogP contribution in [0, 0.1) is 6.92 Å². The molecule has 1 aromatic carbocycles. The first kappa shape index (κ1) is 14.7. The fraction of sp³-hybridized carbons (Fsp3) is 0.278. The quantitative estimate of drug-likeness (QED) is 0.784. The van der Waals surface area contributed by atoms with Gasteiger partial charge in [-0.2, -0.15) is 0 Å². The molecular weight excluding hydrogens is 304 g/mol. The molecule has 3 heterocycles. The number of likely N-dealkylation sites (tertiary alicyclic amines) is 1. The van der Waals surface area contributed by atoms with Gasteiger partial charge in [-0.05, 0) is 12.5 Å².